The van der Waals surface area contributed by atoms with Gasteiger partial charge >= 0.3 is 12.1 Å². The van der Waals surface area contributed by atoms with E-state index < -0.39 is 12.1 Å². The van der Waals surface area contributed by atoms with E-state index in [-0.39, 0.29) is 12.0 Å². The molecule has 1 heterocycles. The lowest BCUT2D eigenvalue weighted by Gasteiger charge is -2.32. The average molecular weight is 214 g/mol. The fraction of sp³-hybridized carbons (Fsp3) is 0.800. The Bertz CT molecular complexity index is 253. The molecule has 1 amide bonds. The average Bonchev–Trinajstić information content (AvgIpc) is 2.18. The Balaban J connectivity index is 2.48. The van der Waals surface area contributed by atoms with Gasteiger partial charge in [0.15, 0.2) is 0 Å². The molecule has 1 unspecified atom stereocenters. The first-order valence-electron chi connectivity index (χ1n) is 5.25. The topological polar surface area (TPSA) is 58.6 Å². The third-order valence-corrected chi connectivity index (χ3v) is 2.40. The number of hydrogen-bond donors (Lipinski definition) is 1. The summed E-state index contributed by atoms with van der Waals surface area (Å²) in [5, 5.41) is 3.16. The third-order valence-electron chi connectivity index (χ3n) is 2.40. The second kappa shape index (κ2) is 5.11. The minimum atomic E-state index is -0.525. The number of hydrogen-bond acceptors (Lipinski definition) is 4. The summed E-state index contributed by atoms with van der Waals surface area (Å²) in [6.07, 6.45) is -0.525. The fourth-order valence-electron chi connectivity index (χ4n) is 1.37. The number of esters is 1. The Morgan fingerprint density at radius 1 is 1.47 bits per heavy atom. The van der Waals surface area contributed by atoms with Gasteiger partial charge in [0.2, 0.25) is 0 Å². The molecule has 1 aliphatic rings. The second-order valence-electron chi connectivity index (χ2n) is 4.09. The number of nitrogens with zero attached hydrogens (tertiary/aromatic N) is 1. The van der Waals surface area contributed by atoms with E-state index in [2.05, 4.69) is 5.32 Å². The summed E-state index contributed by atoms with van der Waals surface area (Å²) in [6.45, 7) is 7.41. The summed E-state index contributed by atoms with van der Waals surface area (Å²) >= 11 is 0. The summed E-state index contributed by atoms with van der Waals surface area (Å²) < 4.78 is 4.74. The molecule has 0 aliphatic carbocycles. The van der Waals surface area contributed by atoms with E-state index in [9.17, 15) is 9.59 Å². The largest absolute Gasteiger partial charge is 0.417 e. The Morgan fingerprint density at radius 2 is 2.13 bits per heavy atom. The highest BCUT2D eigenvalue weighted by Crippen LogP contribution is 2.06. The molecule has 1 N–H and O–H groups in total. The van der Waals surface area contributed by atoms with Crippen LogP contribution < -0.4 is 5.32 Å². The van der Waals surface area contributed by atoms with Crippen molar-refractivity contribution in [3.8, 4) is 0 Å². The lowest BCUT2D eigenvalue weighted by Crippen LogP contribution is -2.52. The highest BCUT2D eigenvalue weighted by atomic mass is 16.6. The van der Waals surface area contributed by atoms with Gasteiger partial charge in [-0.25, -0.2) is 4.79 Å². The molecule has 0 aromatic carbocycles. The second-order valence-corrected chi connectivity index (χ2v) is 4.09. The first-order chi connectivity index (χ1) is 7.02. The van der Waals surface area contributed by atoms with Crippen LogP contribution in [-0.4, -0.2) is 42.6 Å². The standard InChI is InChI=1S/C10H18N2O3/c1-7(2)9(13)15-10(14)12-5-4-11-6-8(12)3/h7-8,11H,4-6H2,1-3H3. The van der Waals surface area contributed by atoms with Crippen molar-refractivity contribution in [2.45, 2.75) is 26.8 Å². The minimum Gasteiger partial charge on any atom is -0.376 e. The van der Waals surface area contributed by atoms with Crippen molar-refractivity contribution < 1.29 is 14.3 Å². The van der Waals surface area contributed by atoms with Crippen LogP contribution in [0.1, 0.15) is 20.8 Å². The van der Waals surface area contributed by atoms with Crippen molar-refractivity contribution >= 4 is 12.1 Å². The van der Waals surface area contributed by atoms with Crippen LogP contribution in [0.15, 0.2) is 0 Å². The van der Waals surface area contributed by atoms with Crippen molar-refractivity contribution in [2.24, 2.45) is 5.92 Å². The van der Waals surface area contributed by atoms with E-state index in [1.165, 1.54) is 0 Å². The molecule has 5 nitrogen and oxygen atoms in total. The van der Waals surface area contributed by atoms with Gasteiger partial charge in [0.05, 0.1) is 5.92 Å². The molecule has 86 valence electrons. The summed E-state index contributed by atoms with van der Waals surface area (Å²) in [4.78, 5) is 24.4. The van der Waals surface area contributed by atoms with Gasteiger partial charge in [-0.1, -0.05) is 13.8 Å². The van der Waals surface area contributed by atoms with Crippen molar-refractivity contribution in [3.63, 3.8) is 0 Å². The maximum atomic E-state index is 11.6. The van der Waals surface area contributed by atoms with Crippen LogP contribution in [0.3, 0.4) is 0 Å². The molecule has 0 aromatic rings. The molecule has 5 heteroatoms. The van der Waals surface area contributed by atoms with Gasteiger partial charge in [-0.2, -0.15) is 0 Å². The maximum absolute atomic E-state index is 11.6. The predicted octanol–water partition coefficient (Wildman–Crippen LogP) is 0.599. The first kappa shape index (κ1) is 12.0. The van der Waals surface area contributed by atoms with Crippen molar-refractivity contribution in [1.29, 1.82) is 0 Å². The van der Waals surface area contributed by atoms with Crippen LogP contribution in [0.25, 0.3) is 0 Å². The molecular formula is C10H18N2O3. The van der Waals surface area contributed by atoms with Crippen LogP contribution in [-0.2, 0) is 9.53 Å². The van der Waals surface area contributed by atoms with E-state index in [1.807, 2.05) is 6.92 Å². The SMILES string of the molecule is CC(C)C(=O)OC(=O)N1CCNCC1C. The summed E-state index contributed by atoms with van der Waals surface area (Å²) in [5.41, 5.74) is 0. The van der Waals surface area contributed by atoms with Crippen LogP contribution in [0.2, 0.25) is 0 Å². The van der Waals surface area contributed by atoms with E-state index in [4.69, 9.17) is 4.74 Å². The smallest absolute Gasteiger partial charge is 0.376 e. The number of amides is 1. The van der Waals surface area contributed by atoms with Crippen LogP contribution >= 0.6 is 0 Å². The maximum Gasteiger partial charge on any atom is 0.417 e. The van der Waals surface area contributed by atoms with E-state index in [1.54, 1.807) is 18.7 Å². The number of carbonyl (C=O) groups excluding carboxylic acids is 2. The van der Waals surface area contributed by atoms with Crippen LogP contribution in [0.5, 0.6) is 0 Å². The van der Waals surface area contributed by atoms with Gasteiger partial charge < -0.3 is 15.0 Å². The number of carbonyl (C=O) groups is 2. The zero-order valence-corrected chi connectivity index (χ0v) is 9.45. The van der Waals surface area contributed by atoms with Gasteiger partial charge in [-0.3, -0.25) is 4.79 Å². The highest BCUT2D eigenvalue weighted by molar-refractivity contribution is 5.85. The minimum absolute atomic E-state index is 0.0752. The fourth-order valence-corrected chi connectivity index (χ4v) is 1.37. The van der Waals surface area contributed by atoms with Gasteiger partial charge in [0.25, 0.3) is 0 Å². The van der Waals surface area contributed by atoms with Crippen LogP contribution in [0.4, 0.5) is 4.79 Å². The Hall–Kier alpha value is -1.10. The molecular weight excluding hydrogens is 196 g/mol. The molecule has 0 aromatic heterocycles. The molecule has 1 aliphatic heterocycles. The Kier molecular flexibility index (Phi) is 4.08. The predicted molar refractivity (Wildman–Crippen MR) is 55.4 cm³/mol. The Labute approximate surface area is 89.8 Å². The molecule has 0 radical (unpaired) electrons. The number of nitrogens with one attached hydrogen (secondary N) is 1. The molecule has 15 heavy (non-hydrogen) atoms. The zero-order valence-electron chi connectivity index (χ0n) is 9.45. The summed E-state index contributed by atoms with van der Waals surface area (Å²) in [7, 11) is 0. The van der Waals surface area contributed by atoms with Gasteiger partial charge in [0.1, 0.15) is 0 Å². The molecule has 1 saturated heterocycles. The monoisotopic (exact) mass is 214 g/mol. The highest BCUT2D eigenvalue weighted by Gasteiger charge is 2.26. The molecule has 0 bridgehead atoms. The van der Waals surface area contributed by atoms with Crippen molar-refractivity contribution in [2.75, 3.05) is 19.6 Å². The summed E-state index contributed by atoms with van der Waals surface area (Å²) in [6, 6.07) is 0.0752. The number of rotatable bonds is 1. The summed E-state index contributed by atoms with van der Waals surface area (Å²) in [5.74, 6) is -0.738. The van der Waals surface area contributed by atoms with Gasteiger partial charge in [-0.05, 0) is 6.92 Å². The first-order valence-corrected chi connectivity index (χ1v) is 5.25. The van der Waals surface area contributed by atoms with Gasteiger partial charge in [0, 0.05) is 25.7 Å². The zero-order chi connectivity index (χ0) is 11.4. The van der Waals surface area contributed by atoms with E-state index >= 15 is 0 Å². The molecule has 1 atom stereocenters. The third kappa shape index (κ3) is 3.20. The molecule has 1 fully saturated rings. The van der Waals surface area contributed by atoms with E-state index in [0.29, 0.717) is 6.54 Å². The van der Waals surface area contributed by atoms with E-state index in [0.717, 1.165) is 13.1 Å². The quantitative estimate of drug-likeness (QED) is 0.513. The molecule has 0 saturated carbocycles. The van der Waals surface area contributed by atoms with Crippen molar-refractivity contribution in [3.05, 3.63) is 0 Å². The van der Waals surface area contributed by atoms with Gasteiger partial charge in [-0.15, -0.1) is 0 Å². The normalized spacial score (nSPS) is 21.6. The number of piperazine rings is 1. The van der Waals surface area contributed by atoms with Crippen LogP contribution in [0, 0.1) is 5.92 Å². The lowest BCUT2D eigenvalue weighted by atomic mass is 10.2. The lowest BCUT2D eigenvalue weighted by molar-refractivity contribution is -0.142. The molecule has 0 spiro atoms. The Morgan fingerprint density at radius 3 is 2.67 bits per heavy atom. The van der Waals surface area contributed by atoms with Crippen molar-refractivity contribution in [1.82, 2.24) is 10.2 Å². The number of ether oxygens (including phenoxy) is 1. The molecule has 1 rings (SSSR count).